The number of nitrogen functional groups attached to an aromatic ring is 1. The minimum Gasteiger partial charge on any atom is -0.478 e. The molecule has 20 heavy (non-hydrogen) atoms. The van der Waals surface area contributed by atoms with Gasteiger partial charge in [0.15, 0.2) is 5.82 Å². The number of carbonyl (C=O) groups is 1. The summed E-state index contributed by atoms with van der Waals surface area (Å²) in [7, 11) is 0. The number of hydrogen-bond donors (Lipinski definition) is 2. The van der Waals surface area contributed by atoms with E-state index in [9.17, 15) is 4.79 Å². The summed E-state index contributed by atoms with van der Waals surface area (Å²) in [5.41, 5.74) is 1.19. The predicted molar refractivity (Wildman–Crippen MR) is 77.1 cm³/mol. The molecule has 0 aliphatic heterocycles. The molecule has 2 aromatic rings. The van der Waals surface area contributed by atoms with Crippen LogP contribution >= 0.6 is 11.8 Å². The van der Waals surface area contributed by atoms with Crippen molar-refractivity contribution in [3.8, 4) is 0 Å². The Bertz CT molecular complexity index is 612. The molecule has 0 saturated heterocycles. The van der Waals surface area contributed by atoms with E-state index in [1.165, 1.54) is 16.4 Å². The number of nitrogens with zero attached hydrogens (tertiary/aromatic N) is 3. The Kier molecular flexibility index (Phi) is 4.62. The van der Waals surface area contributed by atoms with Crippen molar-refractivity contribution in [3.63, 3.8) is 0 Å². The van der Waals surface area contributed by atoms with E-state index in [4.69, 9.17) is 10.9 Å². The second kappa shape index (κ2) is 6.42. The minimum atomic E-state index is -0.927. The molecule has 1 aromatic heterocycles. The molecule has 0 saturated carbocycles. The summed E-state index contributed by atoms with van der Waals surface area (Å²) in [5.74, 6) is 6.34. The zero-order valence-electron chi connectivity index (χ0n) is 11.1. The van der Waals surface area contributed by atoms with Gasteiger partial charge in [-0.25, -0.2) is 9.47 Å². The highest BCUT2D eigenvalue weighted by molar-refractivity contribution is 7.98. The number of thioether (sulfide) groups is 1. The maximum absolute atomic E-state index is 10.9. The second-order valence-electron chi connectivity index (χ2n) is 4.31. The zero-order valence-corrected chi connectivity index (χ0v) is 11.9. The molecule has 1 heterocycles. The molecule has 0 fully saturated rings. The Balaban J connectivity index is 2.05. The van der Waals surface area contributed by atoms with Crippen LogP contribution in [0.2, 0.25) is 0 Å². The first kappa shape index (κ1) is 14.4. The van der Waals surface area contributed by atoms with Crippen molar-refractivity contribution >= 4 is 17.7 Å². The maximum Gasteiger partial charge on any atom is 0.335 e. The van der Waals surface area contributed by atoms with E-state index in [-0.39, 0.29) is 5.56 Å². The van der Waals surface area contributed by atoms with Gasteiger partial charge in [0.1, 0.15) is 0 Å². The number of carboxylic acid groups (broad SMARTS) is 1. The SMILES string of the molecule is CCCc1nnc(SCc2cccc(C(=O)O)c2)n1N. The number of carboxylic acids is 1. The molecule has 0 atom stereocenters. The highest BCUT2D eigenvalue weighted by atomic mass is 32.2. The third-order valence-electron chi connectivity index (χ3n) is 2.75. The highest BCUT2D eigenvalue weighted by Crippen LogP contribution is 2.21. The normalized spacial score (nSPS) is 10.7. The van der Waals surface area contributed by atoms with Crippen LogP contribution in [0, 0.1) is 0 Å². The lowest BCUT2D eigenvalue weighted by Crippen LogP contribution is -2.13. The smallest absolute Gasteiger partial charge is 0.335 e. The van der Waals surface area contributed by atoms with Crippen LogP contribution in [-0.4, -0.2) is 25.9 Å². The number of aryl methyl sites for hydroxylation is 1. The van der Waals surface area contributed by atoms with Crippen LogP contribution in [0.25, 0.3) is 0 Å². The van der Waals surface area contributed by atoms with E-state index in [2.05, 4.69) is 17.1 Å². The van der Waals surface area contributed by atoms with E-state index in [1.54, 1.807) is 18.2 Å². The van der Waals surface area contributed by atoms with Crippen LogP contribution in [0.15, 0.2) is 29.4 Å². The van der Waals surface area contributed by atoms with Gasteiger partial charge in [-0.1, -0.05) is 30.8 Å². The zero-order chi connectivity index (χ0) is 14.5. The van der Waals surface area contributed by atoms with E-state index < -0.39 is 5.97 Å². The molecule has 0 aliphatic carbocycles. The van der Waals surface area contributed by atoms with Gasteiger partial charge >= 0.3 is 5.97 Å². The number of aromatic nitrogens is 3. The van der Waals surface area contributed by atoms with Gasteiger partial charge in [0.2, 0.25) is 5.16 Å². The van der Waals surface area contributed by atoms with Crippen LogP contribution in [0.5, 0.6) is 0 Å². The van der Waals surface area contributed by atoms with Gasteiger partial charge in [-0.3, -0.25) is 0 Å². The Morgan fingerprint density at radius 2 is 2.25 bits per heavy atom. The summed E-state index contributed by atoms with van der Waals surface area (Å²) in [6.07, 6.45) is 1.75. The molecule has 0 bridgehead atoms. The Morgan fingerprint density at radius 3 is 2.95 bits per heavy atom. The van der Waals surface area contributed by atoms with Crippen LogP contribution in [0.4, 0.5) is 0 Å². The average molecular weight is 292 g/mol. The number of hydrogen-bond acceptors (Lipinski definition) is 5. The van der Waals surface area contributed by atoms with Gasteiger partial charge in [0.25, 0.3) is 0 Å². The summed E-state index contributed by atoms with van der Waals surface area (Å²) >= 11 is 1.44. The predicted octanol–water partition coefficient (Wildman–Crippen LogP) is 1.93. The largest absolute Gasteiger partial charge is 0.478 e. The summed E-state index contributed by atoms with van der Waals surface area (Å²) in [4.78, 5) is 10.9. The van der Waals surface area contributed by atoms with Crippen molar-refractivity contribution in [2.24, 2.45) is 0 Å². The van der Waals surface area contributed by atoms with Crippen molar-refractivity contribution in [1.29, 1.82) is 0 Å². The molecule has 0 aliphatic rings. The molecule has 2 rings (SSSR count). The minimum absolute atomic E-state index is 0.281. The van der Waals surface area contributed by atoms with Crippen molar-refractivity contribution < 1.29 is 9.90 Å². The van der Waals surface area contributed by atoms with Gasteiger partial charge in [0.05, 0.1) is 5.56 Å². The van der Waals surface area contributed by atoms with Crippen molar-refractivity contribution in [2.45, 2.75) is 30.7 Å². The van der Waals surface area contributed by atoms with Gasteiger partial charge in [-0.15, -0.1) is 10.2 Å². The lowest BCUT2D eigenvalue weighted by molar-refractivity contribution is 0.0697. The molecule has 0 radical (unpaired) electrons. The third kappa shape index (κ3) is 3.30. The van der Waals surface area contributed by atoms with Gasteiger partial charge in [-0.05, 0) is 24.1 Å². The molecule has 7 heteroatoms. The van der Waals surface area contributed by atoms with Crippen LogP contribution < -0.4 is 5.84 Å². The molecule has 1 aromatic carbocycles. The Morgan fingerprint density at radius 1 is 1.45 bits per heavy atom. The molecule has 3 N–H and O–H groups in total. The van der Waals surface area contributed by atoms with Crippen LogP contribution in [-0.2, 0) is 12.2 Å². The van der Waals surface area contributed by atoms with Crippen LogP contribution in [0.3, 0.4) is 0 Å². The van der Waals surface area contributed by atoms with Crippen molar-refractivity contribution in [1.82, 2.24) is 14.9 Å². The fourth-order valence-electron chi connectivity index (χ4n) is 1.74. The Hall–Kier alpha value is -2.02. The Labute approximate surface area is 121 Å². The molecule has 6 nitrogen and oxygen atoms in total. The fraction of sp³-hybridized carbons (Fsp3) is 0.308. The monoisotopic (exact) mass is 292 g/mol. The van der Waals surface area contributed by atoms with Gasteiger partial charge in [0, 0.05) is 12.2 Å². The summed E-state index contributed by atoms with van der Waals surface area (Å²) in [6, 6.07) is 6.83. The van der Waals surface area contributed by atoms with E-state index in [0.717, 1.165) is 24.2 Å². The van der Waals surface area contributed by atoms with Crippen molar-refractivity contribution in [2.75, 3.05) is 5.84 Å². The quantitative estimate of drug-likeness (QED) is 0.624. The summed E-state index contributed by atoms with van der Waals surface area (Å²) in [6.45, 7) is 2.05. The van der Waals surface area contributed by atoms with E-state index in [1.807, 2.05) is 6.07 Å². The average Bonchev–Trinajstić information content (AvgIpc) is 2.78. The number of aromatic carboxylic acids is 1. The lowest BCUT2D eigenvalue weighted by atomic mass is 10.1. The highest BCUT2D eigenvalue weighted by Gasteiger charge is 2.10. The molecule has 0 unspecified atom stereocenters. The standard InChI is InChI=1S/C13H16N4O2S/c1-2-4-11-15-16-13(17(11)14)20-8-9-5-3-6-10(7-9)12(18)19/h3,5-7H,2,4,8,14H2,1H3,(H,18,19). The molecule has 0 amide bonds. The molecule has 106 valence electrons. The topological polar surface area (TPSA) is 94.0 Å². The second-order valence-corrected chi connectivity index (χ2v) is 5.26. The fourth-order valence-corrected chi connectivity index (χ4v) is 2.56. The van der Waals surface area contributed by atoms with Gasteiger partial charge < -0.3 is 10.9 Å². The first-order valence-electron chi connectivity index (χ1n) is 6.26. The first-order valence-corrected chi connectivity index (χ1v) is 7.24. The lowest BCUT2D eigenvalue weighted by Gasteiger charge is -2.04. The number of nitrogens with two attached hydrogens (primary N) is 1. The molecular formula is C13H16N4O2S. The van der Waals surface area contributed by atoms with Crippen molar-refractivity contribution in [3.05, 3.63) is 41.2 Å². The molecular weight excluding hydrogens is 276 g/mol. The summed E-state index contributed by atoms with van der Waals surface area (Å²) in [5, 5.41) is 17.7. The number of benzene rings is 1. The van der Waals surface area contributed by atoms with E-state index >= 15 is 0 Å². The summed E-state index contributed by atoms with van der Waals surface area (Å²) < 4.78 is 1.50. The van der Waals surface area contributed by atoms with Gasteiger partial charge in [-0.2, -0.15) is 0 Å². The first-order chi connectivity index (χ1) is 9.61. The van der Waals surface area contributed by atoms with Crippen LogP contribution in [0.1, 0.15) is 35.1 Å². The maximum atomic E-state index is 10.9. The third-order valence-corrected chi connectivity index (χ3v) is 3.76. The van der Waals surface area contributed by atoms with E-state index in [0.29, 0.717) is 10.9 Å². The molecule has 0 spiro atoms. The number of rotatable bonds is 6.